The van der Waals surface area contributed by atoms with Gasteiger partial charge in [0.1, 0.15) is 22.9 Å². The third-order valence-corrected chi connectivity index (χ3v) is 11.0. The number of aliphatic imine (C=N–C) groups is 1. The minimum atomic E-state index is -3.27. The predicted octanol–water partition coefficient (Wildman–Crippen LogP) is 3.09. The Hall–Kier alpha value is -2.89. The van der Waals surface area contributed by atoms with Crippen LogP contribution in [0.25, 0.3) is 0 Å². The number of fused-ring (bicyclic) bond motifs is 1. The van der Waals surface area contributed by atoms with Gasteiger partial charge in [-0.2, -0.15) is 0 Å². The van der Waals surface area contributed by atoms with Crippen LogP contribution in [0.4, 0.5) is 14.9 Å². The van der Waals surface area contributed by atoms with Gasteiger partial charge in [-0.25, -0.2) is 14.2 Å². The number of pyridine rings is 1. The number of hydrogen-bond acceptors (Lipinski definition) is 5. The van der Waals surface area contributed by atoms with Crippen molar-refractivity contribution in [1.29, 1.82) is 0 Å². The van der Waals surface area contributed by atoms with Gasteiger partial charge in [0, 0.05) is 24.0 Å². The number of carboxylic acid groups (broad SMARTS) is 1. The average molecular weight is 510 g/mol. The molecule has 1 fully saturated rings. The summed E-state index contributed by atoms with van der Waals surface area (Å²) in [4.78, 5) is 32.7. The van der Waals surface area contributed by atoms with Crippen molar-refractivity contribution in [2.45, 2.75) is 42.7 Å². The molecule has 1 aromatic carbocycles. The molecule has 1 saturated heterocycles. The molecule has 182 valence electrons. The standard InChI is InChI=1S/C22H25ClFN5O4S/c1-21(2)19(28-20(31)32)29-22(3,17-8-9-26-34(17,21)33)14-10-13(5-6-15(14)24)27-18(30)16-7-4-12(23)11-25-16/h4-7,10-11,17,34H,8-9H2,1-3H3,(H,26,33)(H,27,30)(H,28,29)(H,31,32)/t17-,22+/m0/s1. The van der Waals surface area contributed by atoms with Crippen LogP contribution in [0.3, 0.4) is 0 Å². The van der Waals surface area contributed by atoms with Crippen molar-refractivity contribution in [3.05, 3.63) is 58.6 Å². The van der Waals surface area contributed by atoms with Crippen LogP contribution >= 0.6 is 11.6 Å². The molecule has 2 aliphatic heterocycles. The average Bonchev–Trinajstić information content (AvgIpc) is 3.18. The number of hydrogen-bond donors (Lipinski definition) is 5. The second-order valence-electron chi connectivity index (χ2n) is 8.98. The summed E-state index contributed by atoms with van der Waals surface area (Å²) < 4.78 is 31.4. The Morgan fingerprint density at radius 1 is 1.24 bits per heavy atom. The molecule has 2 aliphatic rings. The van der Waals surface area contributed by atoms with Gasteiger partial charge in [-0.1, -0.05) is 11.6 Å². The molecule has 12 heteroatoms. The highest BCUT2D eigenvalue weighted by Crippen LogP contribution is 2.49. The fourth-order valence-electron chi connectivity index (χ4n) is 4.70. The molecule has 0 aliphatic carbocycles. The van der Waals surface area contributed by atoms with Crippen molar-refractivity contribution in [3.63, 3.8) is 0 Å². The minimum Gasteiger partial charge on any atom is -0.465 e. The quantitative estimate of drug-likeness (QED) is 0.405. The van der Waals surface area contributed by atoms with Crippen LogP contribution in [0, 0.1) is 5.82 Å². The number of nitrogens with one attached hydrogen (secondary N) is 3. The number of thiol groups is 1. The summed E-state index contributed by atoms with van der Waals surface area (Å²) in [5.74, 6) is -1.13. The molecule has 9 nitrogen and oxygen atoms in total. The summed E-state index contributed by atoms with van der Waals surface area (Å²) in [6.45, 7) is 5.40. The SMILES string of the molecule is CC1(C)C(NC(=O)O)=N[C@](C)(c2cc(NC(=O)c3ccc(Cl)cn3)ccc2F)[C@@H]2CCN[SH]21=O. The zero-order chi connectivity index (χ0) is 24.9. The third-order valence-electron chi connectivity index (χ3n) is 6.56. The summed E-state index contributed by atoms with van der Waals surface area (Å²) in [7, 11) is -3.27. The number of benzene rings is 1. The van der Waals surface area contributed by atoms with Gasteiger partial charge in [0.05, 0.1) is 15.0 Å². The van der Waals surface area contributed by atoms with Gasteiger partial charge in [-0.15, -0.1) is 0 Å². The predicted molar refractivity (Wildman–Crippen MR) is 130 cm³/mol. The monoisotopic (exact) mass is 509 g/mol. The Balaban J connectivity index is 1.79. The van der Waals surface area contributed by atoms with Crippen LogP contribution in [-0.2, 0) is 15.7 Å². The summed E-state index contributed by atoms with van der Waals surface area (Å²) in [6.07, 6.45) is 0.454. The van der Waals surface area contributed by atoms with Crippen molar-refractivity contribution in [2.24, 2.45) is 4.99 Å². The fraction of sp³-hybridized carbons (Fsp3) is 0.364. The van der Waals surface area contributed by atoms with Crippen LogP contribution in [0.1, 0.15) is 43.2 Å². The smallest absolute Gasteiger partial charge is 0.410 e. The lowest BCUT2D eigenvalue weighted by Gasteiger charge is -2.51. The van der Waals surface area contributed by atoms with Crippen LogP contribution in [-0.4, -0.2) is 48.7 Å². The number of halogens is 2. The zero-order valence-electron chi connectivity index (χ0n) is 18.7. The highest BCUT2D eigenvalue weighted by atomic mass is 35.5. The number of aromatic nitrogens is 1. The van der Waals surface area contributed by atoms with Crippen molar-refractivity contribution in [2.75, 3.05) is 11.9 Å². The van der Waals surface area contributed by atoms with E-state index in [0.29, 0.717) is 18.0 Å². The second-order valence-corrected chi connectivity index (χ2v) is 12.8. The first-order valence-electron chi connectivity index (χ1n) is 10.6. The Morgan fingerprint density at radius 3 is 2.62 bits per heavy atom. The van der Waals surface area contributed by atoms with E-state index >= 15 is 4.39 Å². The van der Waals surface area contributed by atoms with E-state index < -0.39 is 43.5 Å². The van der Waals surface area contributed by atoms with Crippen LogP contribution in [0.2, 0.25) is 5.02 Å². The summed E-state index contributed by atoms with van der Waals surface area (Å²) in [5.41, 5.74) is -0.844. The number of rotatable bonds is 3. The minimum absolute atomic E-state index is 0.00399. The molecule has 34 heavy (non-hydrogen) atoms. The topological polar surface area (TPSA) is 133 Å². The maximum Gasteiger partial charge on any atom is 0.410 e. The molecule has 3 heterocycles. The van der Waals surface area contributed by atoms with Gasteiger partial charge < -0.3 is 10.4 Å². The molecular formula is C22H25ClFN5O4S. The molecule has 0 saturated carbocycles. The third kappa shape index (κ3) is 3.87. The lowest BCUT2D eigenvalue weighted by molar-refractivity contribution is 0.102. The number of amides is 2. The van der Waals surface area contributed by atoms with E-state index in [1.165, 1.54) is 36.5 Å². The van der Waals surface area contributed by atoms with E-state index in [-0.39, 0.29) is 22.8 Å². The lowest BCUT2D eigenvalue weighted by Crippen LogP contribution is -2.65. The van der Waals surface area contributed by atoms with Gasteiger partial charge in [-0.05, 0) is 67.6 Å². The number of carbonyl (C=O) groups excluding carboxylic acids is 1. The molecular weight excluding hydrogens is 485 g/mol. The van der Waals surface area contributed by atoms with E-state index in [1.807, 2.05) is 0 Å². The van der Waals surface area contributed by atoms with E-state index in [9.17, 15) is 18.9 Å². The van der Waals surface area contributed by atoms with Crippen LogP contribution in [0.5, 0.6) is 0 Å². The van der Waals surface area contributed by atoms with Crippen molar-refractivity contribution in [1.82, 2.24) is 15.0 Å². The maximum absolute atomic E-state index is 15.2. The Labute approximate surface area is 201 Å². The fourth-order valence-corrected chi connectivity index (χ4v) is 8.49. The number of carbonyl (C=O) groups is 2. The highest BCUT2D eigenvalue weighted by Gasteiger charge is 2.59. The lowest BCUT2D eigenvalue weighted by atomic mass is 9.85. The molecule has 0 spiro atoms. The zero-order valence-corrected chi connectivity index (χ0v) is 20.4. The normalized spacial score (nSPS) is 25.6. The summed E-state index contributed by atoms with van der Waals surface area (Å²) in [5, 5.41) is 14.1. The Morgan fingerprint density at radius 2 is 1.97 bits per heavy atom. The molecule has 0 unspecified atom stereocenters. The molecule has 2 atom stereocenters. The van der Waals surface area contributed by atoms with Crippen molar-refractivity contribution < 1.29 is 23.3 Å². The van der Waals surface area contributed by atoms with Gasteiger partial charge >= 0.3 is 6.09 Å². The molecule has 4 N–H and O–H groups in total. The summed E-state index contributed by atoms with van der Waals surface area (Å²) >= 11 is 5.82. The van der Waals surface area contributed by atoms with E-state index in [4.69, 9.17) is 11.6 Å². The molecule has 1 aromatic heterocycles. The molecule has 4 rings (SSSR count). The van der Waals surface area contributed by atoms with E-state index in [0.717, 1.165) is 0 Å². The molecule has 2 amide bonds. The maximum atomic E-state index is 15.2. The number of anilines is 1. The van der Waals surface area contributed by atoms with E-state index in [2.05, 4.69) is 25.3 Å². The van der Waals surface area contributed by atoms with Crippen LogP contribution in [0.15, 0.2) is 41.5 Å². The van der Waals surface area contributed by atoms with Gasteiger partial charge in [0.15, 0.2) is 0 Å². The number of nitrogens with zero attached hydrogens (tertiary/aromatic N) is 2. The largest absolute Gasteiger partial charge is 0.465 e. The van der Waals surface area contributed by atoms with Gasteiger partial charge in [-0.3, -0.25) is 24.0 Å². The Kier molecular flexibility index (Phi) is 5.99. The first kappa shape index (κ1) is 24.2. The van der Waals surface area contributed by atoms with Crippen molar-refractivity contribution >= 4 is 45.2 Å². The van der Waals surface area contributed by atoms with Crippen LogP contribution < -0.4 is 15.4 Å². The molecule has 2 aromatic rings. The molecule has 0 bridgehead atoms. The first-order chi connectivity index (χ1) is 15.9. The highest BCUT2D eigenvalue weighted by molar-refractivity contribution is 8.04. The summed E-state index contributed by atoms with van der Waals surface area (Å²) in [6, 6.07) is 7.02. The first-order valence-corrected chi connectivity index (χ1v) is 12.7. The molecule has 0 radical (unpaired) electrons. The van der Waals surface area contributed by atoms with Gasteiger partial charge in [0.25, 0.3) is 5.91 Å². The van der Waals surface area contributed by atoms with E-state index in [1.54, 1.807) is 20.8 Å². The second kappa shape index (κ2) is 8.40. The van der Waals surface area contributed by atoms with Gasteiger partial charge in [0.2, 0.25) is 0 Å². The van der Waals surface area contributed by atoms with Crippen molar-refractivity contribution in [3.8, 4) is 0 Å². The number of amidine groups is 1. The Bertz CT molecular complexity index is 1250.